The molecule has 0 saturated heterocycles. The number of benzene rings is 2. The van der Waals surface area contributed by atoms with Gasteiger partial charge in [-0.05, 0) is 47.9 Å². The Bertz CT molecular complexity index is 617. The fourth-order valence-electron chi connectivity index (χ4n) is 1.98. The van der Waals surface area contributed by atoms with Crippen molar-refractivity contribution in [2.75, 3.05) is 13.2 Å². The summed E-state index contributed by atoms with van der Waals surface area (Å²) in [6, 6.07) is 14.3. The molecule has 22 heavy (non-hydrogen) atoms. The lowest BCUT2D eigenvalue weighted by Crippen LogP contribution is -2.09. The second-order valence-electron chi connectivity index (χ2n) is 5.25. The van der Waals surface area contributed by atoms with Crippen molar-refractivity contribution >= 4 is 5.97 Å². The largest absolute Gasteiger partial charge is 0.490 e. The van der Waals surface area contributed by atoms with Crippen LogP contribution in [0.1, 0.15) is 35.7 Å². The first-order valence-corrected chi connectivity index (χ1v) is 7.25. The summed E-state index contributed by atoms with van der Waals surface area (Å²) in [4.78, 5) is 10.7. The Labute approximate surface area is 130 Å². The fourth-order valence-corrected chi connectivity index (χ4v) is 1.98. The molecule has 0 heterocycles. The molecule has 0 saturated carbocycles. The van der Waals surface area contributed by atoms with Gasteiger partial charge in [-0.1, -0.05) is 26.0 Å². The molecule has 4 nitrogen and oxygen atoms in total. The monoisotopic (exact) mass is 300 g/mol. The van der Waals surface area contributed by atoms with E-state index in [-0.39, 0.29) is 5.56 Å². The van der Waals surface area contributed by atoms with Crippen LogP contribution in [0.4, 0.5) is 0 Å². The molecule has 4 heteroatoms. The van der Waals surface area contributed by atoms with Crippen molar-refractivity contribution < 1.29 is 19.4 Å². The minimum absolute atomic E-state index is 0.245. The second kappa shape index (κ2) is 7.50. The van der Waals surface area contributed by atoms with E-state index in [4.69, 9.17) is 14.6 Å². The van der Waals surface area contributed by atoms with Gasteiger partial charge in [-0.25, -0.2) is 4.79 Å². The van der Waals surface area contributed by atoms with E-state index in [1.165, 1.54) is 17.7 Å². The zero-order chi connectivity index (χ0) is 15.9. The van der Waals surface area contributed by atoms with Crippen LogP contribution in [-0.2, 0) is 0 Å². The van der Waals surface area contributed by atoms with Crippen LogP contribution < -0.4 is 9.47 Å². The molecule has 116 valence electrons. The Morgan fingerprint density at radius 1 is 1.00 bits per heavy atom. The molecule has 0 radical (unpaired) electrons. The summed E-state index contributed by atoms with van der Waals surface area (Å²) in [6.45, 7) is 5.12. The number of carboxylic acids is 1. The summed E-state index contributed by atoms with van der Waals surface area (Å²) >= 11 is 0. The molecular weight excluding hydrogens is 280 g/mol. The Hall–Kier alpha value is -2.49. The van der Waals surface area contributed by atoms with Crippen LogP contribution >= 0.6 is 0 Å². The van der Waals surface area contributed by atoms with Crippen LogP contribution in [0.25, 0.3) is 0 Å². The normalized spacial score (nSPS) is 10.5. The molecular formula is C18H20O4. The third kappa shape index (κ3) is 4.52. The highest BCUT2D eigenvalue weighted by atomic mass is 16.5. The third-order valence-electron chi connectivity index (χ3n) is 3.25. The zero-order valence-corrected chi connectivity index (χ0v) is 12.8. The van der Waals surface area contributed by atoms with E-state index < -0.39 is 5.97 Å². The fraction of sp³-hybridized carbons (Fsp3) is 0.278. The first-order valence-electron chi connectivity index (χ1n) is 7.25. The summed E-state index contributed by atoms with van der Waals surface area (Å²) in [5, 5.41) is 8.82. The Balaban J connectivity index is 1.79. The van der Waals surface area contributed by atoms with Gasteiger partial charge < -0.3 is 14.6 Å². The van der Waals surface area contributed by atoms with Crippen molar-refractivity contribution in [1.82, 2.24) is 0 Å². The second-order valence-corrected chi connectivity index (χ2v) is 5.25. The summed E-state index contributed by atoms with van der Waals surface area (Å²) < 4.78 is 11.2. The Kier molecular flexibility index (Phi) is 5.42. The highest BCUT2D eigenvalue weighted by Gasteiger charge is 2.03. The lowest BCUT2D eigenvalue weighted by Gasteiger charge is -2.11. The van der Waals surface area contributed by atoms with E-state index in [0.29, 0.717) is 24.9 Å². The van der Waals surface area contributed by atoms with Crippen LogP contribution in [0.5, 0.6) is 11.5 Å². The Morgan fingerprint density at radius 2 is 1.64 bits per heavy atom. The third-order valence-corrected chi connectivity index (χ3v) is 3.25. The van der Waals surface area contributed by atoms with Crippen LogP contribution in [0.15, 0.2) is 48.5 Å². The number of carboxylic acid groups (broad SMARTS) is 1. The van der Waals surface area contributed by atoms with Gasteiger partial charge in [0.05, 0.1) is 5.56 Å². The number of carbonyl (C=O) groups is 1. The molecule has 0 amide bonds. The van der Waals surface area contributed by atoms with Gasteiger partial charge in [-0.15, -0.1) is 0 Å². The lowest BCUT2D eigenvalue weighted by molar-refractivity contribution is 0.0697. The molecule has 0 aliphatic rings. The summed E-state index contributed by atoms with van der Waals surface area (Å²) in [7, 11) is 0. The quantitative estimate of drug-likeness (QED) is 0.786. The number of ether oxygens (including phenoxy) is 2. The van der Waals surface area contributed by atoms with Gasteiger partial charge in [-0.3, -0.25) is 0 Å². The molecule has 1 N–H and O–H groups in total. The maximum absolute atomic E-state index is 10.7. The van der Waals surface area contributed by atoms with Crippen molar-refractivity contribution in [2.45, 2.75) is 19.8 Å². The van der Waals surface area contributed by atoms with Gasteiger partial charge in [0.1, 0.15) is 24.7 Å². The summed E-state index contributed by atoms with van der Waals surface area (Å²) in [6.07, 6.45) is 0. The molecule has 0 aliphatic heterocycles. The topological polar surface area (TPSA) is 55.8 Å². The van der Waals surface area contributed by atoms with Crippen LogP contribution in [0.3, 0.4) is 0 Å². The predicted octanol–water partition coefficient (Wildman–Crippen LogP) is 3.97. The average molecular weight is 300 g/mol. The Morgan fingerprint density at radius 3 is 2.23 bits per heavy atom. The number of rotatable bonds is 7. The van der Waals surface area contributed by atoms with Crippen molar-refractivity contribution in [2.24, 2.45) is 0 Å². The highest BCUT2D eigenvalue weighted by Crippen LogP contribution is 2.20. The van der Waals surface area contributed by atoms with E-state index in [2.05, 4.69) is 19.9 Å². The van der Waals surface area contributed by atoms with Crippen molar-refractivity contribution in [1.29, 1.82) is 0 Å². The van der Waals surface area contributed by atoms with Crippen molar-refractivity contribution in [3.8, 4) is 11.5 Å². The van der Waals surface area contributed by atoms with Gasteiger partial charge in [-0.2, -0.15) is 0 Å². The molecule has 0 atom stereocenters. The van der Waals surface area contributed by atoms with Crippen LogP contribution in [0.2, 0.25) is 0 Å². The number of aromatic carboxylic acids is 1. The summed E-state index contributed by atoms with van der Waals surface area (Å²) in [5.41, 5.74) is 1.48. The summed E-state index contributed by atoms with van der Waals surface area (Å²) in [5.74, 6) is 0.980. The van der Waals surface area contributed by atoms with Crippen LogP contribution in [0, 0.1) is 0 Å². The number of hydrogen-bond donors (Lipinski definition) is 1. The molecule has 2 aromatic carbocycles. The molecule has 0 fully saturated rings. The van der Waals surface area contributed by atoms with E-state index >= 15 is 0 Å². The predicted molar refractivity (Wildman–Crippen MR) is 84.9 cm³/mol. The lowest BCUT2D eigenvalue weighted by atomic mass is 10.0. The van der Waals surface area contributed by atoms with E-state index in [9.17, 15) is 4.79 Å². The SMILES string of the molecule is CC(C)c1cccc(OCCOc2ccc(C(=O)O)cc2)c1. The maximum atomic E-state index is 10.7. The van der Waals surface area contributed by atoms with Crippen molar-refractivity contribution in [3.05, 3.63) is 59.7 Å². The van der Waals surface area contributed by atoms with Gasteiger partial charge in [0.15, 0.2) is 0 Å². The van der Waals surface area contributed by atoms with Gasteiger partial charge >= 0.3 is 5.97 Å². The van der Waals surface area contributed by atoms with Crippen LogP contribution in [-0.4, -0.2) is 24.3 Å². The molecule has 2 rings (SSSR count). The first kappa shape index (κ1) is 15.9. The van der Waals surface area contributed by atoms with Gasteiger partial charge in [0, 0.05) is 0 Å². The molecule has 0 unspecified atom stereocenters. The molecule has 0 spiro atoms. The maximum Gasteiger partial charge on any atom is 0.335 e. The van der Waals surface area contributed by atoms with E-state index in [1.807, 2.05) is 18.2 Å². The van der Waals surface area contributed by atoms with Crippen molar-refractivity contribution in [3.63, 3.8) is 0 Å². The first-order chi connectivity index (χ1) is 10.6. The average Bonchev–Trinajstić information content (AvgIpc) is 2.52. The smallest absolute Gasteiger partial charge is 0.335 e. The minimum Gasteiger partial charge on any atom is -0.490 e. The standard InChI is InChI=1S/C18H20O4/c1-13(2)15-4-3-5-17(12-15)22-11-10-21-16-8-6-14(7-9-16)18(19)20/h3-9,12-13H,10-11H2,1-2H3,(H,19,20). The number of hydrogen-bond acceptors (Lipinski definition) is 3. The molecule has 0 bridgehead atoms. The molecule has 0 aromatic heterocycles. The van der Waals surface area contributed by atoms with Gasteiger partial charge in [0.25, 0.3) is 0 Å². The molecule has 2 aromatic rings. The zero-order valence-electron chi connectivity index (χ0n) is 12.8. The van der Waals surface area contributed by atoms with E-state index in [0.717, 1.165) is 5.75 Å². The molecule has 0 aliphatic carbocycles. The van der Waals surface area contributed by atoms with E-state index in [1.54, 1.807) is 12.1 Å². The minimum atomic E-state index is -0.945. The van der Waals surface area contributed by atoms with Gasteiger partial charge in [0.2, 0.25) is 0 Å². The highest BCUT2D eigenvalue weighted by molar-refractivity contribution is 5.87.